The normalized spacial score (nSPS) is 20.4. The summed E-state index contributed by atoms with van der Waals surface area (Å²) in [7, 11) is 0. The number of benzene rings is 1. The van der Waals surface area contributed by atoms with E-state index in [1.54, 1.807) is 6.07 Å². The summed E-state index contributed by atoms with van der Waals surface area (Å²) in [6, 6.07) is 6.01. The highest BCUT2D eigenvalue weighted by Gasteiger charge is 2.22. The van der Waals surface area contributed by atoms with Crippen molar-refractivity contribution < 1.29 is 9.13 Å². The van der Waals surface area contributed by atoms with E-state index in [1.165, 1.54) is 19.4 Å². The number of nitrogens with one attached hydrogen (secondary N) is 2. The SMILES string of the molecule is CCNC(=NCc1ccc(N2CCOCC2)c(F)c1)NCC1CCCN1CC.I. The second-order valence-electron chi connectivity index (χ2n) is 7.39. The highest BCUT2D eigenvalue weighted by Crippen LogP contribution is 2.22. The first-order chi connectivity index (χ1) is 13.7. The molecule has 164 valence electrons. The first-order valence-electron chi connectivity index (χ1n) is 10.6. The molecule has 0 aliphatic carbocycles. The molecule has 2 fully saturated rings. The summed E-state index contributed by atoms with van der Waals surface area (Å²) in [5, 5.41) is 6.75. The zero-order valence-corrected chi connectivity index (χ0v) is 20.0. The van der Waals surface area contributed by atoms with Crippen LogP contribution in [0.5, 0.6) is 0 Å². The number of nitrogens with zero attached hydrogens (tertiary/aromatic N) is 3. The van der Waals surface area contributed by atoms with Gasteiger partial charge < -0.3 is 20.3 Å². The van der Waals surface area contributed by atoms with E-state index in [-0.39, 0.29) is 29.8 Å². The summed E-state index contributed by atoms with van der Waals surface area (Å²) in [4.78, 5) is 9.20. The Morgan fingerprint density at radius 1 is 1.21 bits per heavy atom. The Morgan fingerprint density at radius 2 is 2.00 bits per heavy atom. The third-order valence-electron chi connectivity index (χ3n) is 5.54. The quantitative estimate of drug-likeness (QED) is 0.330. The number of ether oxygens (including phenoxy) is 1. The van der Waals surface area contributed by atoms with Crippen LogP contribution >= 0.6 is 24.0 Å². The highest BCUT2D eigenvalue weighted by atomic mass is 127. The third-order valence-corrected chi connectivity index (χ3v) is 5.54. The van der Waals surface area contributed by atoms with Crippen LogP contribution in [0.15, 0.2) is 23.2 Å². The number of guanidine groups is 1. The van der Waals surface area contributed by atoms with Gasteiger partial charge in [0, 0.05) is 32.2 Å². The molecule has 0 spiro atoms. The van der Waals surface area contributed by atoms with Gasteiger partial charge >= 0.3 is 0 Å². The number of halogens is 2. The Morgan fingerprint density at radius 3 is 2.69 bits per heavy atom. The summed E-state index contributed by atoms with van der Waals surface area (Å²) >= 11 is 0. The standard InChI is InChI=1S/C21H34FN5O.HI/c1-3-23-21(25-16-18-6-5-9-26(18)4-2)24-15-17-7-8-20(19(22)14-17)27-10-12-28-13-11-27;/h7-8,14,18H,3-6,9-13,15-16H2,1-2H3,(H2,23,24,25);1H. The van der Waals surface area contributed by atoms with E-state index in [4.69, 9.17) is 4.74 Å². The van der Waals surface area contributed by atoms with Gasteiger partial charge in [0.1, 0.15) is 5.82 Å². The number of hydrogen-bond donors (Lipinski definition) is 2. The fourth-order valence-electron chi connectivity index (χ4n) is 3.98. The number of hydrogen-bond acceptors (Lipinski definition) is 4. The van der Waals surface area contributed by atoms with E-state index in [2.05, 4.69) is 34.4 Å². The minimum atomic E-state index is -0.183. The van der Waals surface area contributed by atoms with Gasteiger partial charge in [-0.15, -0.1) is 24.0 Å². The summed E-state index contributed by atoms with van der Waals surface area (Å²) in [6.45, 7) is 11.5. The van der Waals surface area contributed by atoms with E-state index in [1.807, 2.05) is 17.0 Å². The lowest BCUT2D eigenvalue weighted by atomic mass is 10.1. The average molecular weight is 519 g/mol. The Hall–Kier alpha value is -1.13. The number of aliphatic imine (C=N–C) groups is 1. The minimum absolute atomic E-state index is 0. The van der Waals surface area contributed by atoms with E-state index in [0.717, 1.165) is 44.2 Å². The average Bonchev–Trinajstić information content (AvgIpc) is 3.18. The molecule has 1 aromatic rings. The molecule has 2 aliphatic rings. The van der Waals surface area contributed by atoms with Gasteiger partial charge in [-0.05, 0) is 50.6 Å². The lowest BCUT2D eigenvalue weighted by molar-refractivity contribution is 0.122. The van der Waals surface area contributed by atoms with Crippen molar-refractivity contribution >= 4 is 35.6 Å². The van der Waals surface area contributed by atoms with Crippen LogP contribution in [-0.2, 0) is 11.3 Å². The molecule has 0 radical (unpaired) electrons. The van der Waals surface area contributed by atoms with Crippen LogP contribution in [0.1, 0.15) is 32.3 Å². The Balaban J connectivity index is 0.00000300. The summed E-state index contributed by atoms with van der Waals surface area (Å²) in [6.07, 6.45) is 2.50. The third kappa shape index (κ3) is 6.96. The molecule has 0 bridgehead atoms. The van der Waals surface area contributed by atoms with Gasteiger partial charge in [-0.2, -0.15) is 0 Å². The fraction of sp³-hybridized carbons (Fsp3) is 0.667. The highest BCUT2D eigenvalue weighted by molar-refractivity contribution is 14.0. The zero-order chi connectivity index (χ0) is 19.8. The number of likely N-dealkylation sites (tertiary alicyclic amines) is 1. The van der Waals surface area contributed by atoms with Crippen molar-refractivity contribution in [2.45, 2.75) is 39.3 Å². The predicted octanol–water partition coefficient (Wildman–Crippen LogP) is 2.82. The van der Waals surface area contributed by atoms with Gasteiger partial charge in [-0.25, -0.2) is 9.38 Å². The molecular weight excluding hydrogens is 484 g/mol. The van der Waals surface area contributed by atoms with Crippen LogP contribution in [0.4, 0.5) is 10.1 Å². The Kier molecular flexibility index (Phi) is 10.4. The van der Waals surface area contributed by atoms with Crippen molar-refractivity contribution in [2.24, 2.45) is 4.99 Å². The molecule has 2 heterocycles. The molecule has 2 aliphatic heterocycles. The van der Waals surface area contributed by atoms with E-state index in [0.29, 0.717) is 31.5 Å². The van der Waals surface area contributed by atoms with Crippen molar-refractivity contribution in [1.29, 1.82) is 0 Å². The number of anilines is 1. The van der Waals surface area contributed by atoms with Crippen molar-refractivity contribution in [2.75, 3.05) is 57.4 Å². The van der Waals surface area contributed by atoms with Gasteiger partial charge in [-0.1, -0.05) is 13.0 Å². The minimum Gasteiger partial charge on any atom is -0.378 e. The lowest BCUT2D eigenvalue weighted by Gasteiger charge is -2.29. The molecule has 0 amide bonds. The maximum absolute atomic E-state index is 14.6. The van der Waals surface area contributed by atoms with Gasteiger partial charge in [-0.3, -0.25) is 4.90 Å². The second kappa shape index (κ2) is 12.5. The molecule has 1 unspecified atom stereocenters. The topological polar surface area (TPSA) is 52.1 Å². The summed E-state index contributed by atoms with van der Waals surface area (Å²) in [5.41, 5.74) is 1.53. The van der Waals surface area contributed by atoms with Gasteiger partial charge in [0.25, 0.3) is 0 Å². The Labute approximate surface area is 191 Å². The van der Waals surface area contributed by atoms with Gasteiger partial charge in [0.15, 0.2) is 5.96 Å². The molecule has 0 aromatic heterocycles. The van der Waals surface area contributed by atoms with Gasteiger partial charge in [0.2, 0.25) is 0 Å². The molecule has 6 nitrogen and oxygen atoms in total. The van der Waals surface area contributed by atoms with Crippen molar-refractivity contribution in [3.05, 3.63) is 29.6 Å². The molecule has 29 heavy (non-hydrogen) atoms. The molecular formula is C21H35FIN5O. The fourth-order valence-corrected chi connectivity index (χ4v) is 3.98. The lowest BCUT2D eigenvalue weighted by Crippen LogP contribution is -2.44. The smallest absolute Gasteiger partial charge is 0.191 e. The monoisotopic (exact) mass is 519 g/mol. The molecule has 2 saturated heterocycles. The predicted molar refractivity (Wildman–Crippen MR) is 128 cm³/mol. The van der Waals surface area contributed by atoms with Crippen LogP contribution in [0.25, 0.3) is 0 Å². The molecule has 1 atom stereocenters. The maximum Gasteiger partial charge on any atom is 0.191 e. The van der Waals surface area contributed by atoms with E-state index >= 15 is 0 Å². The van der Waals surface area contributed by atoms with Crippen molar-refractivity contribution in [3.8, 4) is 0 Å². The summed E-state index contributed by atoms with van der Waals surface area (Å²) in [5.74, 6) is 0.611. The molecule has 3 rings (SSSR count). The zero-order valence-electron chi connectivity index (χ0n) is 17.6. The van der Waals surface area contributed by atoms with E-state index < -0.39 is 0 Å². The second-order valence-corrected chi connectivity index (χ2v) is 7.39. The van der Waals surface area contributed by atoms with Crippen LogP contribution in [-0.4, -0.2) is 69.4 Å². The summed E-state index contributed by atoms with van der Waals surface area (Å²) < 4.78 is 19.9. The number of likely N-dealkylation sites (N-methyl/N-ethyl adjacent to an activating group) is 1. The number of morpholine rings is 1. The molecule has 2 N–H and O–H groups in total. The van der Waals surface area contributed by atoms with Crippen LogP contribution in [0, 0.1) is 5.82 Å². The van der Waals surface area contributed by atoms with Crippen LogP contribution < -0.4 is 15.5 Å². The van der Waals surface area contributed by atoms with Crippen LogP contribution in [0.3, 0.4) is 0 Å². The molecule has 1 aromatic carbocycles. The van der Waals surface area contributed by atoms with Crippen molar-refractivity contribution in [1.82, 2.24) is 15.5 Å². The van der Waals surface area contributed by atoms with Gasteiger partial charge in [0.05, 0.1) is 25.4 Å². The first kappa shape index (κ1) is 24.1. The molecule has 0 saturated carbocycles. The maximum atomic E-state index is 14.6. The largest absolute Gasteiger partial charge is 0.378 e. The van der Waals surface area contributed by atoms with Crippen molar-refractivity contribution in [3.63, 3.8) is 0 Å². The molecule has 8 heteroatoms. The Bertz CT molecular complexity index is 654. The van der Waals surface area contributed by atoms with Crippen LogP contribution in [0.2, 0.25) is 0 Å². The van der Waals surface area contributed by atoms with E-state index in [9.17, 15) is 4.39 Å². The first-order valence-corrected chi connectivity index (χ1v) is 10.6. The number of rotatable bonds is 7.